The molecule has 1 unspecified atom stereocenters. The second-order valence-corrected chi connectivity index (χ2v) is 10.1. The van der Waals surface area contributed by atoms with Crippen molar-refractivity contribution in [2.45, 2.75) is 24.5 Å². The zero-order valence-electron chi connectivity index (χ0n) is 18.6. The van der Waals surface area contributed by atoms with Crippen molar-refractivity contribution in [1.82, 2.24) is 5.32 Å². The number of hydrogen-bond donors (Lipinski definition) is 1. The Kier molecular flexibility index (Phi) is 5.71. The summed E-state index contributed by atoms with van der Waals surface area (Å²) in [5.41, 5.74) is 2.31. The fraction of sp³-hybridized carbons (Fsp3) is 0.148. The van der Waals surface area contributed by atoms with Crippen molar-refractivity contribution < 1.29 is 17.9 Å². The van der Waals surface area contributed by atoms with Crippen molar-refractivity contribution in [2.24, 2.45) is 0 Å². The molecule has 7 heteroatoms. The Bertz CT molecular complexity index is 1460. The van der Waals surface area contributed by atoms with Crippen LogP contribution in [0.25, 0.3) is 10.8 Å². The number of hydrogen-bond acceptors (Lipinski definition) is 4. The summed E-state index contributed by atoms with van der Waals surface area (Å²) >= 11 is 0. The molecular weight excluding hydrogens is 448 g/mol. The van der Waals surface area contributed by atoms with Gasteiger partial charge in [-0.15, -0.1) is 0 Å². The summed E-state index contributed by atoms with van der Waals surface area (Å²) in [7, 11) is -3.88. The van der Waals surface area contributed by atoms with Crippen LogP contribution in [-0.4, -0.2) is 27.0 Å². The van der Waals surface area contributed by atoms with Gasteiger partial charge >= 0.3 is 0 Å². The minimum Gasteiger partial charge on any atom is -0.476 e. The second kappa shape index (κ2) is 8.83. The van der Waals surface area contributed by atoms with Gasteiger partial charge in [-0.25, -0.2) is 8.42 Å². The van der Waals surface area contributed by atoms with Crippen LogP contribution in [0.3, 0.4) is 0 Å². The predicted octanol–water partition coefficient (Wildman–Crippen LogP) is 4.42. The van der Waals surface area contributed by atoms with Crippen LogP contribution in [0, 0.1) is 6.92 Å². The SMILES string of the molecule is Cc1ccc2c(c1)OC(C(=O)NCc1cccc3ccccc13)CN2S(=O)(=O)c1ccccc1. The molecule has 4 aromatic carbocycles. The van der Waals surface area contributed by atoms with E-state index in [1.165, 1.54) is 4.31 Å². The molecule has 172 valence electrons. The molecule has 1 amide bonds. The largest absolute Gasteiger partial charge is 0.476 e. The van der Waals surface area contributed by atoms with E-state index in [9.17, 15) is 13.2 Å². The summed E-state index contributed by atoms with van der Waals surface area (Å²) in [6.45, 7) is 2.09. The molecule has 0 saturated heterocycles. The minimum atomic E-state index is -3.88. The first-order valence-corrected chi connectivity index (χ1v) is 12.5. The molecule has 4 aromatic rings. The van der Waals surface area contributed by atoms with E-state index in [1.54, 1.807) is 42.5 Å². The number of fused-ring (bicyclic) bond motifs is 2. The summed E-state index contributed by atoms with van der Waals surface area (Å²) in [5.74, 6) is 0.00409. The van der Waals surface area contributed by atoms with Gasteiger partial charge < -0.3 is 10.1 Å². The predicted molar refractivity (Wildman–Crippen MR) is 132 cm³/mol. The number of rotatable bonds is 5. The van der Waals surface area contributed by atoms with Gasteiger partial charge in [-0.1, -0.05) is 66.7 Å². The number of aryl methyl sites for hydroxylation is 1. The maximum Gasteiger partial charge on any atom is 0.264 e. The van der Waals surface area contributed by atoms with Gasteiger partial charge in [0.15, 0.2) is 6.10 Å². The van der Waals surface area contributed by atoms with Gasteiger partial charge in [0, 0.05) is 6.54 Å². The van der Waals surface area contributed by atoms with Crippen molar-refractivity contribution in [3.63, 3.8) is 0 Å². The van der Waals surface area contributed by atoms with Crippen molar-refractivity contribution in [3.8, 4) is 5.75 Å². The summed E-state index contributed by atoms with van der Waals surface area (Å²) in [5, 5.41) is 5.08. The molecule has 0 aromatic heterocycles. The van der Waals surface area contributed by atoms with Crippen LogP contribution in [0.5, 0.6) is 5.75 Å². The maximum absolute atomic E-state index is 13.5. The monoisotopic (exact) mass is 472 g/mol. The lowest BCUT2D eigenvalue weighted by Gasteiger charge is -2.35. The van der Waals surface area contributed by atoms with Gasteiger partial charge in [0.25, 0.3) is 15.9 Å². The topological polar surface area (TPSA) is 75.7 Å². The van der Waals surface area contributed by atoms with Crippen LogP contribution in [0.2, 0.25) is 0 Å². The molecule has 0 radical (unpaired) electrons. The van der Waals surface area contributed by atoms with Crippen LogP contribution in [0.1, 0.15) is 11.1 Å². The number of carbonyl (C=O) groups is 1. The highest BCUT2D eigenvalue weighted by Crippen LogP contribution is 2.37. The normalized spacial score (nSPS) is 15.4. The highest BCUT2D eigenvalue weighted by Gasteiger charge is 2.37. The van der Waals surface area contributed by atoms with Gasteiger partial charge in [-0.3, -0.25) is 9.10 Å². The van der Waals surface area contributed by atoms with Crippen LogP contribution in [0.15, 0.2) is 95.9 Å². The molecule has 1 aliphatic heterocycles. The number of benzene rings is 4. The fourth-order valence-electron chi connectivity index (χ4n) is 4.19. The Hall–Kier alpha value is -3.84. The van der Waals surface area contributed by atoms with Crippen LogP contribution >= 0.6 is 0 Å². The summed E-state index contributed by atoms with van der Waals surface area (Å²) in [4.78, 5) is 13.3. The van der Waals surface area contributed by atoms with Crippen LogP contribution in [0.4, 0.5) is 5.69 Å². The maximum atomic E-state index is 13.5. The second-order valence-electron chi connectivity index (χ2n) is 8.28. The van der Waals surface area contributed by atoms with Gasteiger partial charge in [0.05, 0.1) is 17.1 Å². The quantitative estimate of drug-likeness (QED) is 0.467. The van der Waals surface area contributed by atoms with E-state index in [1.807, 2.05) is 55.5 Å². The third-order valence-electron chi connectivity index (χ3n) is 5.94. The van der Waals surface area contributed by atoms with E-state index >= 15 is 0 Å². The molecular formula is C27H24N2O4S. The van der Waals surface area contributed by atoms with E-state index < -0.39 is 16.1 Å². The van der Waals surface area contributed by atoms with E-state index in [2.05, 4.69) is 5.32 Å². The first kappa shape index (κ1) is 22.0. The molecule has 0 bridgehead atoms. The first-order chi connectivity index (χ1) is 16.4. The smallest absolute Gasteiger partial charge is 0.264 e. The number of amides is 1. The summed E-state index contributed by atoms with van der Waals surface area (Å²) in [6, 6.07) is 27.4. The van der Waals surface area contributed by atoms with E-state index in [0.717, 1.165) is 21.9 Å². The zero-order valence-corrected chi connectivity index (χ0v) is 19.5. The molecule has 1 aliphatic rings. The third kappa shape index (κ3) is 4.10. The molecule has 0 fully saturated rings. The Morgan fingerprint density at radius 1 is 0.971 bits per heavy atom. The van der Waals surface area contributed by atoms with Crippen LogP contribution in [-0.2, 0) is 21.4 Å². The Morgan fingerprint density at radius 3 is 2.53 bits per heavy atom. The molecule has 6 nitrogen and oxygen atoms in total. The number of anilines is 1. The summed E-state index contributed by atoms with van der Waals surface area (Å²) < 4.78 is 34.2. The number of ether oxygens (including phenoxy) is 1. The lowest BCUT2D eigenvalue weighted by Crippen LogP contribution is -2.50. The Balaban J connectivity index is 1.43. The van der Waals surface area contributed by atoms with Crippen molar-refractivity contribution in [2.75, 3.05) is 10.8 Å². The highest BCUT2D eigenvalue weighted by molar-refractivity contribution is 7.92. The molecule has 1 atom stereocenters. The van der Waals surface area contributed by atoms with Gasteiger partial charge in [0.2, 0.25) is 0 Å². The number of nitrogens with zero attached hydrogens (tertiary/aromatic N) is 1. The molecule has 0 aliphatic carbocycles. The number of sulfonamides is 1. The summed E-state index contributed by atoms with van der Waals surface area (Å²) in [6.07, 6.45) is -0.984. The van der Waals surface area contributed by atoms with E-state index in [0.29, 0.717) is 18.0 Å². The molecule has 34 heavy (non-hydrogen) atoms. The first-order valence-electron chi connectivity index (χ1n) is 11.0. The molecule has 0 spiro atoms. The minimum absolute atomic E-state index is 0.116. The average Bonchev–Trinajstić information content (AvgIpc) is 2.86. The van der Waals surface area contributed by atoms with Crippen molar-refractivity contribution in [3.05, 3.63) is 102 Å². The zero-order chi connectivity index (χ0) is 23.7. The highest BCUT2D eigenvalue weighted by atomic mass is 32.2. The van der Waals surface area contributed by atoms with Crippen LogP contribution < -0.4 is 14.4 Å². The van der Waals surface area contributed by atoms with E-state index in [-0.39, 0.29) is 17.3 Å². The van der Waals surface area contributed by atoms with Gasteiger partial charge in [-0.2, -0.15) is 0 Å². The van der Waals surface area contributed by atoms with Gasteiger partial charge in [-0.05, 0) is 53.1 Å². The fourth-order valence-corrected chi connectivity index (χ4v) is 5.68. The lowest BCUT2D eigenvalue weighted by atomic mass is 10.0. The molecule has 1 heterocycles. The standard InChI is InChI=1S/C27H24N2O4S/c1-19-14-15-24-25(16-19)33-26(18-29(24)34(31,32)22-11-3-2-4-12-22)27(30)28-17-21-10-7-9-20-8-5-6-13-23(20)21/h2-16,26H,17-18H2,1H3,(H,28,30). The number of nitrogens with one attached hydrogen (secondary N) is 1. The number of carbonyl (C=O) groups excluding carboxylic acids is 1. The Morgan fingerprint density at radius 2 is 1.71 bits per heavy atom. The Labute approximate surface area is 198 Å². The molecule has 0 saturated carbocycles. The molecule has 5 rings (SSSR count). The third-order valence-corrected chi connectivity index (χ3v) is 7.74. The lowest BCUT2D eigenvalue weighted by molar-refractivity contribution is -0.127. The average molecular weight is 473 g/mol. The van der Waals surface area contributed by atoms with Crippen molar-refractivity contribution >= 4 is 32.4 Å². The van der Waals surface area contributed by atoms with Crippen molar-refractivity contribution in [1.29, 1.82) is 0 Å². The van der Waals surface area contributed by atoms with Gasteiger partial charge in [0.1, 0.15) is 5.75 Å². The molecule has 1 N–H and O–H groups in total. The van der Waals surface area contributed by atoms with E-state index in [4.69, 9.17) is 4.74 Å².